The third-order valence-electron chi connectivity index (χ3n) is 1.29. The fourth-order valence-electron chi connectivity index (χ4n) is 0.793. The summed E-state index contributed by atoms with van der Waals surface area (Å²) in [4.78, 5) is 7.79. The van der Waals surface area contributed by atoms with Crippen molar-refractivity contribution in [3.05, 3.63) is 30.2 Å². The number of aromatic nitrogens is 5. The van der Waals surface area contributed by atoms with Crippen LogP contribution in [0.2, 0.25) is 5.28 Å². The normalized spacial score (nSPS) is 10.1. The lowest BCUT2D eigenvalue weighted by atomic mass is 10.7. The van der Waals surface area contributed by atoms with Gasteiger partial charge in [-0.3, -0.25) is 4.57 Å². The standard InChI is InChI=1S/C6H4ClN5/c7-6-10-5(3-9-11-6)12-2-1-8-4-12/h1-4H. The molecule has 0 unspecified atom stereocenters. The molecule has 0 amide bonds. The number of nitrogens with zero attached hydrogens (tertiary/aromatic N) is 5. The fourth-order valence-corrected chi connectivity index (χ4v) is 0.923. The van der Waals surface area contributed by atoms with Crippen LogP contribution in [0.15, 0.2) is 24.9 Å². The molecular weight excluding hydrogens is 178 g/mol. The molecule has 5 nitrogen and oxygen atoms in total. The molecule has 0 radical (unpaired) electrons. The van der Waals surface area contributed by atoms with Crippen LogP contribution in [0.5, 0.6) is 0 Å². The van der Waals surface area contributed by atoms with Crippen LogP contribution in [0, 0.1) is 0 Å². The van der Waals surface area contributed by atoms with Gasteiger partial charge in [-0.2, -0.15) is 10.1 Å². The third-order valence-corrected chi connectivity index (χ3v) is 1.45. The topological polar surface area (TPSA) is 56.5 Å². The van der Waals surface area contributed by atoms with Crippen molar-refractivity contribution >= 4 is 11.6 Å². The maximum absolute atomic E-state index is 5.54. The van der Waals surface area contributed by atoms with E-state index in [9.17, 15) is 0 Å². The number of rotatable bonds is 1. The molecule has 2 heterocycles. The van der Waals surface area contributed by atoms with Crippen LogP contribution in [-0.2, 0) is 0 Å². The molecule has 0 saturated heterocycles. The van der Waals surface area contributed by atoms with E-state index in [0.29, 0.717) is 5.82 Å². The van der Waals surface area contributed by atoms with Gasteiger partial charge in [-0.05, 0) is 11.6 Å². The molecule has 6 heteroatoms. The van der Waals surface area contributed by atoms with E-state index in [1.807, 2.05) is 0 Å². The molecule has 0 aromatic carbocycles. The van der Waals surface area contributed by atoms with Gasteiger partial charge in [0.05, 0.1) is 6.20 Å². The van der Waals surface area contributed by atoms with Crippen molar-refractivity contribution in [2.24, 2.45) is 0 Å². The van der Waals surface area contributed by atoms with Gasteiger partial charge >= 0.3 is 0 Å². The Kier molecular flexibility index (Phi) is 1.71. The number of imidazole rings is 1. The Bertz CT molecular complexity index is 371. The average Bonchev–Trinajstić information content (AvgIpc) is 2.56. The van der Waals surface area contributed by atoms with Gasteiger partial charge in [0.2, 0.25) is 5.28 Å². The van der Waals surface area contributed by atoms with Crippen molar-refractivity contribution in [1.82, 2.24) is 24.7 Å². The molecule has 12 heavy (non-hydrogen) atoms. The number of halogens is 1. The highest BCUT2D eigenvalue weighted by Crippen LogP contribution is 2.03. The second-order valence-corrected chi connectivity index (χ2v) is 2.39. The van der Waals surface area contributed by atoms with E-state index in [0.717, 1.165) is 0 Å². The van der Waals surface area contributed by atoms with Crippen LogP contribution >= 0.6 is 11.6 Å². The van der Waals surface area contributed by atoms with Crippen LogP contribution in [0.3, 0.4) is 0 Å². The number of hydrogen-bond donors (Lipinski definition) is 0. The lowest BCUT2D eigenvalue weighted by Gasteiger charge is -1.97. The Morgan fingerprint density at radius 3 is 3.00 bits per heavy atom. The predicted molar refractivity (Wildman–Crippen MR) is 42.0 cm³/mol. The van der Waals surface area contributed by atoms with Crippen molar-refractivity contribution < 1.29 is 0 Å². The van der Waals surface area contributed by atoms with E-state index in [1.165, 1.54) is 6.20 Å². The van der Waals surface area contributed by atoms with Gasteiger partial charge in [0.1, 0.15) is 6.33 Å². The highest BCUT2D eigenvalue weighted by Gasteiger charge is 1.98. The van der Waals surface area contributed by atoms with Crippen LogP contribution < -0.4 is 0 Å². The summed E-state index contributed by atoms with van der Waals surface area (Å²) in [5.41, 5.74) is 0. The molecule has 0 atom stereocenters. The van der Waals surface area contributed by atoms with Gasteiger partial charge in [-0.25, -0.2) is 4.98 Å². The average molecular weight is 182 g/mol. The molecule has 2 aromatic heterocycles. The van der Waals surface area contributed by atoms with Crippen molar-refractivity contribution in [3.8, 4) is 5.82 Å². The largest absolute Gasteiger partial charge is 0.289 e. The van der Waals surface area contributed by atoms with Gasteiger partial charge in [0.25, 0.3) is 0 Å². The van der Waals surface area contributed by atoms with E-state index >= 15 is 0 Å². The highest BCUT2D eigenvalue weighted by atomic mass is 35.5. The first-order valence-corrected chi connectivity index (χ1v) is 3.57. The van der Waals surface area contributed by atoms with Crippen molar-refractivity contribution in [2.75, 3.05) is 0 Å². The van der Waals surface area contributed by atoms with E-state index in [2.05, 4.69) is 20.2 Å². The molecule has 0 fully saturated rings. The second kappa shape index (κ2) is 2.86. The molecule has 0 aliphatic heterocycles. The molecule has 60 valence electrons. The van der Waals surface area contributed by atoms with Gasteiger partial charge in [0.15, 0.2) is 5.82 Å². The monoisotopic (exact) mass is 181 g/mol. The fraction of sp³-hybridized carbons (Fsp3) is 0. The van der Waals surface area contributed by atoms with Crippen molar-refractivity contribution in [1.29, 1.82) is 0 Å². The predicted octanol–water partition coefficient (Wildman–Crippen LogP) is 0.711. The van der Waals surface area contributed by atoms with Crippen molar-refractivity contribution in [2.45, 2.75) is 0 Å². The summed E-state index contributed by atoms with van der Waals surface area (Å²) in [6, 6.07) is 0. The van der Waals surface area contributed by atoms with Crippen LogP contribution in [0.1, 0.15) is 0 Å². The molecule has 0 saturated carbocycles. The zero-order valence-corrected chi connectivity index (χ0v) is 6.68. The number of hydrogen-bond acceptors (Lipinski definition) is 4. The summed E-state index contributed by atoms with van der Waals surface area (Å²) in [5.74, 6) is 0.604. The SMILES string of the molecule is Clc1nncc(-n2ccnc2)n1. The molecule has 2 aromatic rings. The van der Waals surface area contributed by atoms with E-state index in [4.69, 9.17) is 11.6 Å². The van der Waals surface area contributed by atoms with Gasteiger partial charge < -0.3 is 0 Å². The highest BCUT2D eigenvalue weighted by molar-refractivity contribution is 6.28. The minimum Gasteiger partial charge on any atom is -0.289 e. The zero-order chi connectivity index (χ0) is 8.39. The lowest BCUT2D eigenvalue weighted by molar-refractivity contribution is 0.897. The van der Waals surface area contributed by atoms with E-state index in [-0.39, 0.29) is 5.28 Å². The van der Waals surface area contributed by atoms with E-state index in [1.54, 1.807) is 23.3 Å². The third kappa shape index (κ3) is 1.26. The molecule has 0 spiro atoms. The van der Waals surface area contributed by atoms with Crippen LogP contribution in [0.25, 0.3) is 5.82 Å². The molecular formula is C6H4ClN5. The first-order chi connectivity index (χ1) is 5.86. The Morgan fingerprint density at radius 2 is 2.33 bits per heavy atom. The molecule has 0 bridgehead atoms. The Labute approximate surface area is 73.1 Å². The van der Waals surface area contributed by atoms with Gasteiger partial charge in [-0.15, -0.1) is 5.10 Å². The molecule has 0 aliphatic carbocycles. The maximum atomic E-state index is 5.54. The van der Waals surface area contributed by atoms with Gasteiger partial charge in [-0.1, -0.05) is 0 Å². The Morgan fingerprint density at radius 1 is 1.42 bits per heavy atom. The Hall–Kier alpha value is -1.49. The lowest BCUT2D eigenvalue weighted by Crippen LogP contribution is -1.97. The van der Waals surface area contributed by atoms with E-state index < -0.39 is 0 Å². The quantitative estimate of drug-likeness (QED) is 0.650. The summed E-state index contributed by atoms with van der Waals surface area (Å²) < 4.78 is 1.70. The summed E-state index contributed by atoms with van der Waals surface area (Å²) in [7, 11) is 0. The molecule has 0 N–H and O–H groups in total. The minimum absolute atomic E-state index is 0.126. The summed E-state index contributed by atoms with van der Waals surface area (Å²) >= 11 is 5.54. The first-order valence-electron chi connectivity index (χ1n) is 3.20. The summed E-state index contributed by atoms with van der Waals surface area (Å²) in [6.07, 6.45) is 6.52. The smallest absolute Gasteiger partial charge is 0.244 e. The maximum Gasteiger partial charge on any atom is 0.244 e. The summed E-state index contributed by atoms with van der Waals surface area (Å²) in [5, 5.41) is 7.29. The zero-order valence-electron chi connectivity index (χ0n) is 5.92. The Balaban J connectivity index is 2.48. The molecule has 0 aliphatic rings. The van der Waals surface area contributed by atoms with Crippen LogP contribution in [0.4, 0.5) is 0 Å². The first kappa shape index (κ1) is 7.17. The summed E-state index contributed by atoms with van der Waals surface area (Å²) in [6.45, 7) is 0. The minimum atomic E-state index is 0.126. The van der Waals surface area contributed by atoms with Crippen LogP contribution in [-0.4, -0.2) is 24.7 Å². The molecule has 2 rings (SSSR count). The van der Waals surface area contributed by atoms with Gasteiger partial charge in [0, 0.05) is 12.4 Å². The van der Waals surface area contributed by atoms with Crippen molar-refractivity contribution in [3.63, 3.8) is 0 Å². The second-order valence-electron chi connectivity index (χ2n) is 2.05.